The van der Waals surface area contributed by atoms with Crippen LogP contribution in [0.5, 0.6) is 0 Å². The van der Waals surface area contributed by atoms with Gasteiger partial charge in [0.2, 0.25) is 0 Å². The number of halogens is 1. The summed E-state index contributed by atoms with van der Waals surface area (Å²) in [5.74, 6) is -0.933. The minimum absolute atomic E-state index is 0.0840. The monoisotopic (exact) mass is 533 g/mol. The van der Waals surface area contributed by atoms with E-state index in [9.17, 15) is 19.2 Å². The van der Waals surface area contributed by atoms with Gasteiger partial charge in [0.05, 0.1) is 16.8 Å². The average Bonchev–Trinajstić information content (AvgIpc) is 3.57. The molecule has 2 aliphatic heterocycles. The third kappa shape index (κ3) is 5.08. The van der Waals surface area contributed by atoms with Crippen molar-refractivity contribution >= 4 is 51.8 Å². The highest BCUT2D eigenvalue weighted by atomic mass is 35.5. The molecule has 196 valence electrons. The van der Waals surface area contributed by atoms with Gasteiger partial charge in [0.1, 0.15) is 0 Å². The van der Waals surface area contributed by atoms with Crippen LogP contribution in [-0.4, -0.2) is 95.0 Å². The molecule has 0 radical (unpaired) electrons. The third-order valence-electron chi connectivity index (χ3n) is 6.75. The molecule has 10 heteroatoms. The predicted octanol–water partition coefficient (Wildman–Crippen LogP) is 3.07. The Morgan fingerprint density at radius 2 is 1.55 bits per heavy atom. The Morgan fingerprint density at radius 3 is 2.24 bits per heavy atom. The van der Waals surface area contributed by atoms with Crippen LogP contribution in [0.25, 0.3) is 10.9 Å². The summed E-state index contributed by atoms with van der Waals surface area (Å²) in [6.45, 7) is 2.86. The lowest BCUT2D eigenvalue weighted by molar-refractivity contribution is -0.127. The molecule has 2 aliphatic rings. The van der Waals surface area contributed by atoms with Gasteiger partial charge in [-0.1, -0.05) is 30.3 Å². The first kappa shape index (κ1) is 26.8. The lowest BCUT2D eigenvalue weighted by atomic mass is 10.1. The number of nitrogens with one attached hydrogen (secondary N) is 1. The summed E-state index contributed by atoms with van der Waals surface area (Å²) in [6.07, 6.45) is 9.53. The third-order valence-corrected chi connectivity index (χ3v) is 6.92. The van der Waals surface area contributed by atoms with Gasteiger partial charge in [0.25, 0.3) is 17.6 Å². The normalized spacial score (nSPS) is 15.4. The number of anilines is 1. The number of carbonyl (C=O) groups excluding carboxylic acids is 4. The molecule has 0 aliphatic carbocycles. The Bertz CT molecular complexity index is 1360. The number of amides is 4. The molecule has 0 saturated carbocycles. The number of H-pyrrole nitrogens is 1. The highest BCUT2D eigenvalue weighted by Gasteiger charge is 2.33. The highest BCUT2D eigenvalue weighted by molar-refractivity contribution is 6.45. The number of benzene rings is 2. The molecule has 3 aromatic rings. The van der Waals surface area contributed by atoms with Crippen LogP contribution in [0.3, 0.4) is 0 Å². The number of aromatic amines is 1. The van der Waals surface area contributed by atoms with Crippen molar-refractivity contribution in [3.8, 4) is 12.8 Å². The van der Waals surface area contributed by atoms with Crippen molar-refractivity contribution in [3.05, 3.63) is 65.9 Å². The van der Waals surface area contributed by atoms with Crippen molar-refractivity contribution in [2.75, 3.05) is 56.6 Å². The van der Waals surface area contributed by atoms with Crippen LogP contribution in [-0.2, 0) is 4.79 Å². The molecule has 9 nitrogen and oxygen atoms in total. The van der Waals surface area contributed by atoms with E-state index in [2.05, 4.69) is 17.8 Å². The zero-order valence-corrected chi connectivity index (χ0v) is 21.6. The van der Waals surface area contributed by atoms with Crippen molar-refractivity contribution in [3.63, 3.8) is 0 Å². The van der Waals surface area contributed by atoms with Crippen molar-refractivity contribution in [1.82, 2.24) is 19.7 Å². The molecule has 4 amide bonds. The van der Waals surface area contributed by atoms with Crippen LogP contribution >= 0.6 is 11.6 Å². The highest BCUT2D eigenvalue weighted by Crippen LogP contribution is 2.31. The zero-order valence-electron chi connectivity index (χ0n) is 20.8. The lowest BCUT2D eigenvalue weighted by Gasteiger charge is -2.34. The molecule has 1 N–H and O–H groups in total. The summed E-state index contributed by atoms with van der Waals surface area (Å²) in [6, 6.07) is 14.2. The maximum Gasteiger partial charge on any atom is 0.324 e. The summed E-state index contributed by atoms with van der Waals surface area (Å²) in [5.41, 5.74) is 2.16. The van der Waals surface area contributed by atoms with E-state index >= 15 is 0 Å². The number of Topliss-reactive ketones (excluding diaryl/α,β-unsaturated/α-hetero) is 1. The molecule has 5 rings (SSSR count). The molecular formula is C28H28ClN5O4. The van der Waals surface area contributed by atoms with Crippen LogP contribution in [0.4, 0.5) is 10.5 Å². The van der Waals surface area contributed by atoms with Crippen molar-refractivity contribution in [2.24, 2.45) is 0 Å². The standard InChI is InChI=1S/C26H26ClN5O4.C2H2/c27-9-10-31-15-16-32(26(31)36)21-8-4-7-19-20(17-28-22(19)21)23(33)25(35)30-13-11-29(12-14-30)24(34)18-5-2-1-3-6-18;1-2/h1-8,17,28H,9-16H2;1-2H. The van der Waals surface area contributed by atoms with Gasteiger partial charge >= 0.3 is 6.03 Å². The van der Waals surface area contributed by atoms with Crippen molar-refractivity contribution in [1.29, 1.82) is 0 Å². The molecular weight excluding hydrogens is 506 g/mol. The topological polar surface area (TPSA) is 97.0 Å². The second-order valence-electron chi connectivity index (χ2n) is 8.79. The zero-order chi connectivity index (χ0) is 27.2. The minimum atomic E-state index is -0.613. The van der Waals surface area contributed by atoms with Gasteiger partial charge in [-0.2, -0.15) is 0 Å². The number of terminal acetylenes is 1. The number of carbonyl (C=O) groups is 4. The number of rotatable bonds is 6. The first-order chi connectivity index (χ1) is 18.5. The van der Waals surface area contributed by atoms with E-state index in [1.165, 1.54) is 11.1 Å². The van der Waals surface area contributed by atoms with Gasteiger partial charge in [0, 0.05) is 68.8 Å². The first-order valence-corrected chi connectivity index (χ1v) is 12.8. The van der Waals surface area contributed by atoms with Crippen LogP contribution in [0.1, 0.15) is 20.7 Å². The number of piperazine rings is 1. The lowest BCUT2D eigenvalue weighted by Crippen LogP contribution is -2.52. The number of para-hydroxylation sites is 1. The van der Waals surface area contributed by atoms with Crippen LogP contribution < -0.4 is 4.90 Å². The van der Waals surface area contributed by atoms with E-state index in [1.54, 1.807) is 39.0 Å². The number of fused-ring (bicyclic) bond motifs is 1. The largest absolute Gasteiger partial charge is 0.359 e. The number of ketones is 1. The fourth-order valence-electron chi connectivity index (χ4n) is 4.80. The molecule has 2 aromatic carbocycles. The molecule has 1 aromatic heterocycles. The molecule has 0 bridgehead atoms. The smallest absolute Gasteiger partial charge is 0.324 e. The van der Waals surface area contributed by atoms with E-state index in [0.717, 1.165) is 0 Å². The van der Waals surface area contributed by atoms with Crippen molar-refractivity contribution in [2.45, 2.75) is 0 Å². The van der Waals surface area contributed by atoms with Gasteiger partial charge in [-0.3, -0.25) is 19.3 Å². The number of alkyl halides is 1. The summed E-state index contributed by atoms with van der Waals surface area (Å²) in [7, 11) is 0. The van der Waals surface area contributed by atoms with Crippen LogP contribution in [0, 0.1) is 12.8 Å². The number of hydrogen-bond donors (Lipinski definition) is 1. The number of aromatic nitrogens is 1. The van der Waals surface area contributed by atoms with Crippen LogP contribution in [0.2, 0.25) is 0 Å². The van der Waals surface area contributed by atoms with Crippen LogP contribution in [0.15, 0.2) is 54.7 Å². The molecule has 0 atom stereocenters. The first-order valence-electron chi connectivity index (χ1n) is 12.2. The summed E-state index contributed by atoms with van der Waals surface area (Å²) >= 11 is 5.81. The van der Waals surface area contributed by atoms with Gasteiger partial charge in [-0.15, -0.1) is 24.4 Å². The van der Waals surface area contributed by atoms with E-state index in [1.807, 2.05) is 24.3 Å². The van der Waals surface area contributed by atoms with Gasteiger partial charge < -0.3 is 19.7 Å². The second-order valence-corrected chi connectivity index (χ2v) is 9.17. The Kier molecular flexibility index (Phi) is 8.34. The fourth-order valence-corrected chi connectivity index (χ4v) is 5.01. The minimum Gasteiger partial charge on any atom is -0.359 e. The van der Waals surface area contributed by atoms with E-state index in [4.69, 9.17) is 11.6 Å². The van der Waals surface area contributed by atoms with Gasteiger partial charge in [-0.25, -0.2) is 4.79 Å². The fraction of sp³-hybridized carbons (Fsp3) is 0.286. The van der Waals surface area contributed by atoms with E-state index in [0.29, 0.717) is 60.8 Å². The second kappa shape index (κ2) is 11.8. The number of hydrogen-bond acceptors (Lipinski definition) is 4. The quantitative estimate of drug-likeness (QED) is 0.228. The predicted molar refractivity (Wildman–Crippen MR) is 146 cm³/mol. The Labute approximate surface area is 225 Å². The van der Waals surface area contributed by atoms with Gasteiger partial charge in [-0.05, 0) is 18.2 Å². The average molecular weight is 534 g/mol. The molecule has 2 saturated heterocycles. The summed E-state index contributed by atoms with van der Waals surface area (Å²) in [4.78, 5) is 61.4. The maximum atomic E-state index is 13.2. The Balaban J connectivity index is 0.00000164. The van der Waals surface area contributed by atoms with E-state index in [-0.39, 0.29) is 30.6 Å². The van der Waals surface area contributed by atoms with Crippen molar-refractivity contribution < 1.29 is 19.2 Å². The number of urea groups is 1. The molecule has 38 heavy (non-hydrogen) atoms. The molecule has 0 spiro atoms. The Morgan fingerprint density at radius 1 is 0.868 bits per heavy atom. The summed E-state index contributed by atoms with van der Waals surface area (Å²) in [5, 5.41) is 0.590. The van der Waals surface area contributed by atoms with Gasteiger partial charge in [0.15, 0.2) is 0 Å². The number of nitrogens with zero attached hydrogens (tertiary/aromatic N) is 4. The molecule has 3 heterocycles. The van der Waals surface area contributed by atoms with E-state index < -0.39 is 11.7 Å². The summed E-state index contributed by atoms with van der Waals surface area (Å²) < 4.78 is 0. The molecule has 0 unspecified atom stereocenters. The maximum absolute atomic E-state index is 13.2. The SMILES string of the molecule is C#C.O=C(C(=O)N1CCN(C(=O)c2ccccc2)CC1)c1c[nH]c2c(N3CCN(CCCl)C3=O)cccc12. The molecule has 2 fully saturated rings. The Hall–Kier alpha value is -4.29.